The van der Waals surface area contributed by atoms with Gasteiger partial charge in [-0.05, 0) is 32.9 Å². The number of carbonyl (C=O) groups is 1. The maximum Gasteiger partial charge on any atom is 0.0414 e. The van der Waals surface area contributed by atoms with E-state index in [4.69, 9.17) is 0 Å². The Bertz CT molecular complexity index is 160. The van der Waals surface area contributed by atoms with E-state index in [0.717, 1.165) is 19.4 Å². The van der Waals surface area contributed by atoms with E-state index < -0.39 is 5.97 Å². The number of nitrogens with one attached hydrogen (secondary N) is 1. The molecular weight excluding hydrogens is 202 g/mol. The van der Waals surface area contributed by atoms with Gasteiger partial charge in [0.25, 0.3) is 0 Å². The van der Waals surface area contributed by atoms with Crippen LogP contribution >= 0.6 is 0 Å². The minimum Gasteiger partial charge on any atom is -0.550 e. The normalized spacial score (nSPS) is 10.6. The molecule has 3 nitrogen and oxygen atoms in total. The van der Waals surface area contributed by atoms with Crippen molar-refractivity contribution < 1.29 is 9.90 Å². The van der Waals surface area contributed by atoms with Crippen molar-refractivity contribution in [1.29, 1.82) is 0 Å². The molecule has 0 amide bonds. The summed E-state index contributed by atoms with van der Waals surface area (Å²) in [7, 11) is 1.99. The summed E-state index contributed by atoms with van der Waals surface area (Å²) in [5.41, 5.74) is 0. The fourth-order valence-electron chi connectivity index (χ4n) is 1.81. The molecule has 0 aromatic carbocycles. The molecule has 0 fully saturated rings. The zero-order chi connectivity index (χ0) is 12.1. The van der Waals surface area contributed by atoms with Crippen LogP contribution < -0.4 is 10.4 Å². The average molecular weight is 228 g/mol. The molecule has 0 saturated carbocycles. The van der Waals surface area contributed by atoms with Gasteiger partial charge in [0, 0.05) is 5.97 Å². The summed E-state index contributed by atoms with van der Waals surface area (Å²) in [6.45, 7) is 1.13. The van der Waals surface area contributed by atoms with E-state index >= 15 is 0 Å². The number of hydrogen-bond donors (Lipinski definition) is 1. The molecule has 16 heavy (non-hydrogen) atoms. The third-order valence-electron chi connectivity index (χ3n) is 2.81. The summed E-state index contributed by atoms with van der Waals surface area (Å²) in [4.78, 5) is 10.1. The highest BCUT2D eigenvalue weighted by atomic mass is 16.4. The first-order valence-electron chi connectivity index (χ1n) is 6.62. The van der Waals surface area contributed by atoms with Crippen molar-refractivity contribution in [1.82, 2.24) is 5.32 Å². The first-order chi connectivity index (χ1) is 7.77. The molecule has 0 rings (SSSR count). The van der Waals surface area contributed by atoms with Gasteiger partial charge in [-0.3, -0.25) is 0 Å². The van der Waals surface area contributed by atoms with Crippen molar-refractivity contribution in [2.24, 2.45) is 0 Å². The van der Waals surface area contributed by atoms with Gasteiger partial charge in [0.1, 0.15) is 0 Å². The molecule has 96 valence electrons. The molecule has 0 heterocycles. The Morgan fingerprint density at radius 1 is 0.875 bits per heavy atom. The number of carboxylic acid groups (broad SMARTS) is 1. The van der Waals surface area contributed by atoms with Crippen molar-refractivity contribution in [3.63, 3.8) is 0 Å². The second kappa shape index (κ2) is 12.5. The largest absolute Gasteiger partial charge is 0.550 e. The maximum atomic E-state index is 10.1. The van der Waals surface area contributed by atoms with Crippen LogP contribution in [0.5, 0.6) is 0 Å². The van der Waals surface area contributed by atoms with Gasteiger partial charge in [-0.1, -0.05) is 44.9 Å². The Kier molecular flexibility index (Phi) is 12.1. The summed E-state index contributed by atoms with van der Waals surface area (Å²) in [5, 5.41) is 13.3. The van der Waals surface area contributed by atoms with Gasteiger partial charge < -0.3 is 15.2 Å². The molecule has 0 aromatic heterocycles. The predicted octanol–water partition coefficient (Wildman–Crippen LogP) is 1.86. The first-order valence-corrected chi connectivity index (χ1v) is 6.62. The first kappa shape index (κ1) is 15.4. The molecule has 0 spiro atoms. The molecule has 0 aliphatic carbocycles. The monoisotopic (exact) mass is 228 g/mol. The fourth-order valence-corrected chi connectivity index (χ4v) is 1.81. The second-order valence-corrected chi connectivity index (χ2v) is 4.41. The Hall–Kier alpha value is -0.570. The number of aliphatic carboxylic acids is 1. The van der Waals surface area contributed by atoms with Gasteiger partial charge in [-0.25, -0.2) is 0 Å². The van der Waals surface area contributed by atoms with E-state index in [1.807, 2.05) is 7.05 Å². The number of hydrogen-bond acceptors (Lipinski definition) is 3. The lowest BCUT2D eigenvalue weighted by Gasteiger charge is -2.03. The SMILES string of the molecule is CNCCCCCCCCCCCC(=O)[O-]. The van der Waals surface area contributed by atoms with E-state index in [-0.39, 0.29) is 6.42 Å². The zero-order valence-electron chi connectivity index (χ0n) is 10.6. The highest BCUT2D eigenvalue weighted by Gasteiger charge is 1.93. The molecule has 0 atom stereocenters. The standard InChI is InChI=1S/C13H27NO2/c1-14-12-10-8-6-4-2-3-5-7-9-11-13(15)16/h14H,2-12H2,1H3,(H,15,16)/p-1. The van der Waals surface area contributed by atoms with Crippen LogP contribution in [0.1, 0.15) is 64.2 Å². The van der Waals surface area contributed by atoms with Gasteiger partial charge >= 0.3 is 0 Å². The Morgan fingerprint density at radius 3 is 1.75 bits per heavy atom. The van der Waals surface area contributed by atoms with Crippen molar-refractivity contribution >= 4 is 5.97 Å². The van der Waals surface area contributed by atoms with Gasteiger partial charge in [-0.15, -0.1) is 0 Å². The molecule has 0 aliphatic rings. The maximum absolute atomic E-state index is 10.1. The molecule has 0 aromatic rings. The lowest BCUT2D eigenvalue weighted by Crippen LogP contribution is -2.21. The minimum atomic E-state index is -0.912. The third-order valence-corrected chi connectivity index (χ3v) is 2.81. The average Bonchev–Trinajstić information content (AvgIpc) is 2.25. The van der Waals surface area contributed by atoms with Crippen LogP contribution in [0.25, 0.3) is 0 Å². The quantitative estimate of drug-likeness (QED) is 0.519. The van der Waals surface area contributed by atoms with Crippen LogP contribution in [-0.2, 0) is 4.79 Å². The van der Waals surface area contributed by atoms with Crippen LogP contribution in [-0.4, -0.2) is 19.6 Å². The number of carboxylic acids is 1. The van der Waals surface area contributed by atoms with E-state index in [1.54, 1.807) is 0 Å². The van der Waals surface area contributed by atoms with Gasteiger partial charge in [0.15, 0.2) is 0 Å². The fraction of sp³-hybridized carbons (Fsp3) is 0.923. The van der Waals surface area contributed by atoms with Crippen molar-refractivity contribution in [2.45, 2.75) is 64.2 Å². The third kappa shape index (κ3) is 13.4. The minimum absolute atomic E-state index is 0.226. The molecule has 0 bridgehead atoms. The van der Waals surface area contributed by atoms with Crippen molar-refractivity contribution in [3.8, 4) is 0 Å². The van der Waals surface area contributed by atoms with Crippen molar-refractivity contribution in [3.05, 3.63) is 0 Å². The van der Waals surface area contributed by atoms with Crippen LogP contribution in [0.3, 0.4) is 0 Å². The Balaban J connectivity index is 2.90. The summed E-state index contributed by atoms with van der Waals surface area (Å²) in [6.07, 6.45) is 11.0. The van der Waals surface area contributed by atoms with Crippen molar-refractivity contribution in [2.75, 3.05) is 13.6 Å². The van der Waals surface area contributed by atoms with Gasteiger partial charge in [0.2, 0.25) is 0 Å². The molecule has 3 heteroatoms. The molecule has 0 aliphatic heterocycles. The Labute approximate surface area is 99.6 Å². The highest BCUT2D eigenvalue weighted by Crippen LogP contribution is 2.10. The predicted molar refractivity (Wildman–Crippen MR) is 65.1 cm³/mol. The summed E-state index contributed by atoms with van der Waals surface area (Å²) in [5.74, 6) is -0.912. The number of carbonyl (C=O) groups excluding carboxylic acids is 1. The van der Waals surface area contributed by atoms with Gasteiger partial charge in [0.05, 0.1) is 0 Å². The molecule has 1 N–H and O–H groups in total. The molecule has 0 unspecified atom stereocenters. The second-order valence-electron chi connectivity index (χ2n) is 4.41. The van der Waals surface area contributed by atoms with Crippen LogP contribution in [0.2, 0.25) is 0 Å². The lowest BCUT2D eigenvalue weighted by atomic mass is 10.1. The highest BCUT2D eigenvalue weighted by molar-refractivity contribution is 5.63. The summed E-state index contributed by atoms with van der Waals surface area (Å²) in [6, 6.07) is 0. The molecule has 0 saturated heterocycles. The topological polar surface area (TPSA) is 52.2 Å². The Morgan fingerprint density at radius 2 is 1.31 bits per heavy atom. The van der Waals surface area contributed by atoms with E-state index in [0.29, 0.717) is 0 Å². The number of unbranched alkanes of at least 4 members (excludes halogenated alkanes) is 8. The summed E-state index contributed by atoms with van der Waals surface area (Å²) >= 11 is 0. The van der Waals surface area contributed by atoms with Crippen LogP contribution in [0.15, 0.2) is 0 Å². The smallest absolute Gasteiger partial charge is 0.0414 e. The lowest BCUT2D eigenvalue weighted by molar-refractivity contribution is -0.305. The van der Waals surface area contributed by atoms with E-state index in [9.17, 15) is 9.90 Å². The van der Waals surface area contributed by atoms with Gasteiger partial charge in [-0.2, -0.15) is 0 Å². The number of rotatable bonds is 12. The zero-order valence-corrected chi connectivity index (χ0v) is 10.6. The summed E-state index contributed by atoms with van der Waals surface area (Å²) < 4.78 is 0. The van der Waals surface area contributed by atoms with E-state index in [2.05, 4.69) is 5.32 Å². The van der Waals surface area contributed by atoms with Crippen LogP contribution in [0.4, 0.5) is 0 Å². The molecular formula is C13H26NO2-. The van der Waals surface area contributed by atoms with Crippen LogP contribution in [0, 0.1) is 0 Å². The molecule has 0 radical (unpaired) electrons. The van der Waals surface area contributed by atoms with E-state index in [1.165, 1.54) is 44.9 Å².